The Labute approximate surface area is 108 Å². The zero-order chi connectivity index (χ0) is 13.6. The highest BCUT2D eigenvalue weighted by Crippen LogP contribution is 2.33. The Balaban J connectivity index is 2.16. The van der Waals surface area contributed by atoms with Crippen LogP contribution in [0.25, 0.3) is 16.9 Å². The summed E-state index contributed by atoms with van der Waals surface area (Å²) in [6.07, 6.45) is 4.38. The number of nitrogen functional groups attached to an aromatic ring is 1. The lowest BCUT2D eigenvalue weighted by Gasteiger charge is -2.08. The molecule has 96 valence electrons. The predicted molar refractivity (Wildman–Crippen MR) is 69.9 cm³/mol. The molecule has 0 unspecified atom stereocenters. The number of nitrogens with two attached hydrogens (primary N) is 1. The SMILES string of the molecule is C=C1C(n2cnc3c(N)ncnc32)=CC(O)=C1CO. The molecule has 0 aliphatic heterocycles. The van der Waals surface area contributed by atoms with Crippen LogP contribution >= 0.6 is 0 Å². The van der Waals surface area contributed by atoms with E-state index in [1.807, 2.05) is 0 Å². The number of hydrogen-bond donors (Lipinski definition) is 3. The number of aliphatic hydroxyl groups excluding tert-OH is 2. The van der Waals surface area contributed by atoms with Gasteiger partial charge >= 0.3 is 0 Å². The zero-order valence-electron chi connectivity index (χ0n) is 9.91. The maximum atomic E-state index is 9.75. The van der Waals surface area contributed by atoms with Crippen molar-refractivity contribution in [1.29, 1.82) is 0 Å². The number of fused-ring (bicyclic) bond motifs is 1. The lowest BCUT2D eigenvalue weighted by Crippen LogP contribution is -2.01. The first-order chi connectivity index (χ1) is 9.13. The van der Waals surface area contributed by atoms with Gasteiger partial charge in [0, 0.05) is 17.2 Å². The molecule has 3 rings (SSSR count). The third-order valence-corrected chi connectivity index (χ3v) is 3.04. The molecular weight excluding hydrogens is 246 g/mol. The first kappa shape index (κ1) is 11.4. The van der Waals surface area contributed by atoms with Gasteiger partial charge in [0.2, 0.25) is 0 Å². The number of hydrogen-bond acceptors (Lipinski definition) is 6. The van der Waals surface area contributed by atoms with Crippen LogP contribution in [0.15, 0.2) is 42.2 Å². The second-order valence-electron chi connectivity index (χ2n) is 4.08. The largest absolute Gasteiger partial charge is 0.507 e. The number of nitrogens with zero attached hydrogens (tertiary/aromatic N) is 4. The van der Waals surface area contributed by atoms with Crippen molar-refractivity contribution in [2.75, 3.05) is 12.3 Å². The Bertz CT molecular complexity index is 757. The van der Waals surface area contributed by atoms with E-state index < -0.39 is 0 Å². The Hall–Kier alpha value is -2.67. The Morgan fingerprint density at radius 3 is 2.79 bits per heavy atom. The van der Waals surface area contributed by atoms with Crippen LogP contribution in [-0.2, 0) is 0 Å². The zero-order valence-corrected chi connectivity index (χ0v) is 9.91. The number of rotatable bonds is 2. The van der Waals surface area contributed by atoms with E-state index in [0.29, 0.717) is 28.0 Å². The highest BCUT2D eigenvalue weighted by atomic mass is 16.3. The summed E-state index contributed by atoms with van der Waals surface area (Å²) < 4.78 is 1.65. The summed E-state index contributed by atoms with van der Waals surface area (Å²) in [6, 6.07) is 0. The number of allylic oxidation sites excluding steroid dienone is 2. The second kappa shape index (κ2) is 3.92. The highest BCUT2D eigenvalue weighted by molar-refractivity contribution is 5.88. The van der Waals surface area contributed by atoms with E-state index >= 15 is 0 Å². The van der Waals surface area contributed by atoms with Gasteiger partial charge in [-0.2, -0.15) is 0 Å². The average molecular weight is 257 g/mol. The topological polar surface area (TPSA) is 110 Å². The first-order valence-electron chi connectivity index (χ1n) is 5.51. The lowest BCUT2D eigenvalue weighted by atomic mass is 10.1. The molecule has 1 aliphatic rings. The Morgan fingerprint density at radius 1 is 1.32 bits per heavy atom. The maximum absolute atomic E-state index is 9.75. The molecule has 0 atom stereocenters. The van der Waals surface area contributed by atoms with Crippen LogP contribution in [0.2, 0.25) is 0 Å². The number of imidazole rings is 1. The van der Waals surface area contributed by atoms with Crippen molar-refractivity contribution in [3.8, 4) is 0 Å². The van der Waals surface area contributed by atoms with Gasteiger partial charge in [-0.25, -0.2) is 15.0 Å². The monoisotopic (exact) mass is 257 g/mol. The smallest absolute Gasteiger partial charge is 0.170 e. The van der Waals surface area contributed by atoms with Crippen molar-refractivity contribution in [2.24, 2.45) is 0 Å². The minimum atomic E-state index is -0.283. The predicted octanol–water partition coefficient (Wildman–Crippen LogP) is 0.624. The van der Waals surface area contributed by atoms with Gasteiger partial charge in [0.25, 0.3) is 0 Å². The molecule has 2 aromatic rings. The normalized spacial score (nSPS) is 15.4. The molecular formula is C12H11N5O2. The van der Waals surface area contributed by atoms with Crippen molar-refractivity contribution in [3.05, 3.63) is 42.2 Å². The summed E-state index contributed by atoms with van der Waals surface area (Å²) in [4.78, 5) is 12.1. The summed E-state index contributed by atoms with van der Waals surface area (Å²) in [6.45, 7) is 3.57. The summed E-state index contributed by atoms with van der Waals surface area (Å²) in [5, 5.41) is 18.9. The van der Waals surface area contributed by atoms with Crippen LogP contribution in [0.3, 0.4) is 0 Å². The van der Waals surface area contributed by atoms with Crippen LogP contribution in [0, 0.1) is 0 Å². The fourth-order valence-electron chi connectivity index (χ4n) is 2.03. The first-order valence-corrected chi connectivity index (χ1v) is 5.51. The summed E-state index contributed by atoms with van der Waals surface area (Å²) >= 11 is 0. The van der Waals surface area contributed by atoms with Gasteiger partial charge in [0.1, 0.15) is 18.4 Å². The van der Waals surface area contributed by atoms with Crippen LogP contribution in [0.1, 0.15) is 0 Å². The number of anilines is 1. The third-order valence-electron chi connectivity index (χ3n) is 3.04. The third kappa shape index (κ3) is 1.52. The number of aliphatic hydroxyl groups is 2. The highest BCUT2D eigenvalue weighted by Gasteiger charge is 2.22. The average Bonchev–Trinajstić information content (AvgIpc) is 2.92. The molecule has 0 radical (unpaired) electrons. The minimum absolute atomic E-state index is 0.00798. The summed E-state index contributed by atoms with van der Waals surface area (Å²) in [5.74, 6) is 0.277. The summed E-state index contributed by atoms with van der Waals surface area (Å²) in [7, 11) is 0. The van der Waals surface area contributed by atoms with Crippen molar-refractivity contribution in [1.82, 2.24) is 19.5 Å². The maximum Gasteiger partial charge on any atom is 0.170 e. The molecule has 2 aromatic heterocycles. The molecule has 7 heteroatoms. The van der Waals surface area contributed by atoms with Crippen molar-refractivity contribution in [2.45, 2.75) is 0 Å². The van der Waals surface area contributed by atoms with Gasteiger partial charge in [-0.05, 0) is 0 Å². The molecule has 0 amide bonds. The molecule has 0 saturated heterocycles. The minimum Gasteiger partial charge on any atom is -0.507 e. The molecule has 4 N–H and O–H groups in total. The standard InChI is InChI=1S/C12H11N5O2/c1-6-7(3-18)9(19)2-8(6)17-5-16-10-11(13)14-4-15-12(10)17/h2,4-5,18-19H,1,3H2,(H2,13,14,15). The molecule has 0 bridgehead atoms. The molecule has 0 aromatic carbocycles. The fraction of sp³-hybridized carbons (Fsp3) is 0.0833. The van der Waals surface area contributed by atoms with E-state index in [-0.39, 0.29) is 18.2 Å². The Kier molecular flexibility index (Phi) is 2.36. The Morgan fingerprint density at radius 2 is 2.11 bits per heavy atom. The second-order valence-corrected chi connectivity index (χ2v) is 4.08. The van der Waals surface area contributed by atoms with E-state index in [0.717, 1.165) is 0 Å². The van der Waals surface area contributed by atoms with Crippen molar-refractivity contribution < 1.29 is 10.2 Å². The van der Waals surface area contributed by atoms with Crippen LogP contribution in [0.4, 0.5) is 5.82 Å². The van der Waals surface area contributed by atoms with Crippen molar-refractivity contribution >= 4 is 22.7 Å². The van der Waals surface area contributed by atoms with Crippen molar-refractivity contribution in [3.63, 3.8) is 0 Å². The van der Waals surface area contributed by atoms with E-state index in [1.165, 1.54) is 18.7 Å². The molecule has 2 heterocycles. The van der Waals surface area contributed by atoms with E-state index in [2.05, 4.69) is 21.5 Å². The van der Waals surface area contributed by atoms with Gasteiger partial charge in [-0.15, -0.1) is 0 Å². The molecule has 0 fully saturated rings. The van der Waals surface area contributed by atoms with Crippen LogP contribution < -0.4 is 5.73 Å². The fourth-order valence-corrected chi connectivity index (χ4v) is 2.03. The number of aromatic nitrogens is 4. The molecule has 0 saturated carbocycles. The van der Waals surface area contributed by atoms with Gasteiger partial charge in [0.05, 0.1) is 12.3 Å². The van der Waals surface area contributed by atoms with Gasteiger partial charge in [0.15, 0.2) is 17.0 Å². The van der Waals surface area contributed by atoms with Gasteiger partial charge in [-0.1, -0.05) is 6.58 Å². The molecule has 1 aliphatic carbocycles. The molecule has 0 spiro atoms. The van der Waals surface area contributed by atoms with Gasteiger partial charge in [-0.3, -0.25) is 4.57 Å². The van der Waals surface area contributed by atoms with Gasteiger partial charge < -0.3 is 15.9 Å². The lowest BCUT2D eigenvalue weighted by molar-refractivity contribution is 0.323. The molecule has 19 heavy (non-hydrogen) atoms. The summed E-state index contributed by atoms with van der Waals surface area (Å²) in [5.41, 5.74) is 8.23. The van der Waals surface area contributed by atoms with Crippen LogP contribution in [0.5, 0.6) is 0 Å². The quantitative estimate of drug-likeness (QED) is 0.727. The molecule has 7 nitrogen and oxygen atoms in total. The van der Waals surface area contributed by atoms with Crippen LogP contribution in [-0.4, -0.2) is 36.3 Å². The van der Waals surface area contributed by atoms with E-state index in [9.17, 15) is 10.2 Å². The van der Waals surface area contributed by atoms with E-state index in [4.69, 9.17) is 5.73 Å². The van der Waals surface area contributed by atoms with E-state index in [1.54, 1.807) is 4.57 Å².